The second-order valence-electron chi connectivity index (χ2n) is 3.58. The third kappa shape index (κ3) is 2.44. The molecule has 19 heavy (non-hydrogen) atoms. The standard InChI is InChI=1S/C12H10FN3O3/c1-19-12(18)8-2-3-9(13)10(6-8)16(7-17)11-4-5-14-15-11/h2-7H,1H3,(H,14,15). The molecule has 0 atom stereocenters. The van der Waals surface area contributed by atoms with Gasteiger partial charge < -0.3 is 4.74 Å². The first-order valence-electron chi connectivity index (χ1n) is 5.29. The lowest BCUT2D eigenvalue weighted by Gasteiger charge is -2.16. The van der Waals surface area contributed by atoms with Crippen LogP contribution in [-0.2, 0) is 9.53 Å². The Hall–Kier alpha value is -2.70. The number of H-pyrrole nitrogens is 1. The average Bonchev–Trinajstić information content (AvgIpc) is 2.94. The van der Waals surface area contributed by atoms with Crippen LogP contribution in [0.3, 0.4) is 0 Å². The Bertz CT molecular complexity index is 598. The molecule has 0 spiro atoms. The monoisotopic (exact) mass is 263 g/mol. The van der Waals surface area contributed by atoms with Gasteiger partial charge in [0.1, 0.15) is 11.6 Å². The van der Waals surface area contributed by atoms with Crippen molar-refractivity contribution in [2.45, 2.75) is 0 Å². The van der Waals surface area contributed by atoms with Gasteiger partial charge in [0.25, 0.3) is 0 Å². The van der Waals surface area contributed by atoms with Crippen LogP contribution in [0.1, 0.15) is 10.4 Å². The first kappa shape index (κ1) is 12.7. The number of rotatable bonds is 4. The van der Waals surface area contributed by atoms with E-state index in [2.05, 4.69) is 14.9 Å². The lowest BCUT2D eigenvalue weighted by molar-refractivity contribution is -0.106. The molecule has 0 saturated heterocycles. The van der Waals surface area contributed by atoms with E-state index in [9.17, 15) is 14.0 Å². The maximum absolute atomic E-state index is 13.8. The van der Waals surface area contributed by atoms with E-state index >= 15 is 0 Å². The molecule has 0 fully saturated rings. The molecule has 0 aliphatic rings. The van der Waals surface area contributed by atoms with Crippen molar-refractivity contribution in [2.24, 2.45) is 0 Å². The van der Waals surface area contributed by atoms with Crippen LogP contribution >= 0.6 is 0 Å². The minimum absolute atomic E-state index is 0.0675. The topological polar surface area (TPSA) is 75.3 Å². The van der Waals surface area contributed by atoms with Crippen molar-refractivity contribution in [3.8, 4) is 0 Å². The largest absolute Gasteiger partial charge is 0.465 e. The molecule has 0 unspecified atom stereocenters. The highest BCUT2D eigenvalue weighted by molar-refractivity contribution is 5.93. The highest BCUT2D eigenvalue weighted by atomic mass is 19.1. The van der Waals surface area contributed by atoms with Gasteiger partial charge in [-0.25, -0.2) is 9.18 Å². The van der Waals surface area contributed by atoms with E-state index in [-0.39, 0.29) is 17.1 Å². The molecule has 0 radical (unpaired) electrons. The van der Waals surface area contributed by atoms with E-state index < -0.39 is 11.8 Å². The molecule has 0 aliphatic carbocycles. The van der Waals surface area contributed by atoms with Crippen LogP contribution in [0.5, 0.6) is 0 Å². The van der Waals surface area contributed by atoms with Gasteiger partial charge in [-0.05, 0) is 18.2 Å². The number of aromatic nitrogens is 2. The summed E-state index contributed by atoms with van der Waals surface area (Å²) < 4.78 is 18.3. The van der Waals surface area contributed by atoms with Gasteiger partial charge in [0.15, 0.2) is 0 Å². The van der Waals surface area contributed by atoms with Crippen molar-refractivity contribution in [1.82, 2.24) is 10.2 Å². The first-order valence-corrected chi connectivity index (χ1v) is 5.29. The van der Waals surface area contributed by atoms with E-state index in [0.29, 0.717) is 6.41 Å². The molecule has 1 aromatic carbocycles. The maximum atomic E-state index is 13.8. The number of benzene rings is 1. The Morgan fingerprint density at radius 2 is 2.26 bits per heavy atom. The number of ether oxygens (including phenoxy) is 1. The summed E-state index contributed by atoms with van der Waals surface area (Å²) in [5.74, 6) is -0.970. The van der Waals surface area contributed by atoms with Crippen molar-refractivity contribution in [2.75, 3.05) is 12.0 Å². The van der Waals surface area contributed by atoms with Crippen LogP contribution in [0.15, 0.2) is 30.5 Å². The Labute approximate surface area is 107 Å². The SMILES string of the molecule is COC(=O)c1ccc(F)c(N(C=O)c2ccn[nH]2)c1. The van der Waals surface area contributed by atoms with Crippen molar-refractivity contribution in [3.05, 3.63) is 41.8 Å². The summed E-state index contributed by atoms with van der Waals surface area (Å²) >= 11 is 0. The summed E-state index contributed by atoms with van der Waals surface area (Å²) in [6.07, 6.45) is 1.85. The van der Waals surface area contributed by atoms with Crippen LogP contribution in [0.25, 0.3) is 0 Å². The van der Waals surface area contributed by atoms with Crippen LogP contribution in [0.2, 0.25) is 0 Å². The number of nitrogens with one attached hydrogen (secondary N) is 1. The summed E-state index contributed by atoms with van der Waals surface area (Å²) in [7, 11) is 1.22. The van der Waals surface area contributed by atoms with Gasteiger partial charge in [-0.2, -0.15) is 5.10 Å². The third-order valence-electron chi connectivity index (χ3n) is 2.48. The van der Waals surface area contributed by atoms with Crippen LogP contribution < -0.4 is 4.90 Å². The molecule has 1 amide bonds. The second-order valence-corrected chi connectivity index (χ2v) is 3.58. The number of methoxy groups -OCH3 is 1. The van der Waals surface area contributed by atoms with Gasteiger partial charge in [-0.15, -0.1) is 0 Å². The summed E-state index contributed by atoms with van der Waals surface area (Å²) in [6.45, 7) is 0. The third-order valence-corrected chi connectivity index (χ3v) is 2.48. The van der Waals surface area contributed by atoms with Gasteiger partial charge in [-0.1, -0.05) is 0 Å². The van der Waals surface area contributed by atoms with E-state index in [0.717, 1.165) is 11.0 Å². The van der Waals surface area contributed by atoms with E-state index in [1.165, 1.54) is 31.5 Å². The zero-order chi connectivity index (χ0) is 13.8. The minimum Gasteiger partial charge on any atom is -0.465 e. The highest BCUT2D eigenvalue weighted by Gasteiger charge is 2.17. The van der Waals surface area contributed by atoms with Crippen molar-refractivity contribution in [3.63, 3.8) is 0 Å². The van der Waals surface area contributed by atoms with E-state index in [1.54, 1.807) is 0 Å². The van der Waals surface area contributed by atoms with Crippen LogP contribution in [0.4, 0.5) is 15.9 Å². The highest BCUT2D eigenvalue weighted by Crippen LogP contribution is 2.26. The predicted molar refractivity (Wildman–Crippen MR) is 64.5 cm³/mol. The fourth-order valence-electron chi connectivity index (χ4n) is 1.57. The number of carbonyl (C=O) groups is 2. The van der Waals surface area contributed by atoms with Crippen molar-refractivity contribution < 1.29 is 18.7 Å². The summed E-state index contributed by atoms with van der Waals surface area (Å²) in [5.41, 5.74) is 0.0763. The predicted octanol–water partition coefficient (Wildman–Crippen LogP) is 1.63. The Balaban J connectivity index is 2.48. The molecule has 1 heterocycles. The lowest BCUT2D eigenvalue weighted by atomic mass is 10.2. The van der Waals surface area contributed by atoms with Gasteiger partial charge in [0, 0.05) is 6.07 Å². The zero-order valence-electron chi connectivity index (χ0n) is 9.96. The number of anilines is 2. The fourth-order valence-corrected chi connectivity index (χ4v) is 1.57. The number of halogens is 1. The summed E-state index contributed by atoms with van der Waals surface area (Å²) in [6, 6.07) is 5.10. The molecule has 1 aromatic heterocycles. The molecule has 2 rings (SSSR count). The molecule has 0 saturated carbocycles. The Kier molecular flexibility index (Phi) is 3.56. The van der Waals surface area contributed by atoms with Crippen LogP contribution in [-0.4, -0.2) is 29.7 Å². The molecule has 7 heteroatoms. The number of esters is 1. The number of aromatic amines is 1. The number of amides is 1. The minimum atomic E-state index is -0.644. The second kappa shape index (κ2) is 5.30. The number of carbonyl (C=O) groups excluding carboxylic acids is 2. The first-order chi connectivity index (χ1) is 9.17. The number of nitrogens with zero attached hydrogens (tertiary/aromatic N) is 2. The average molecular weight is 263 g/mol. The molecular weight excluding hydrogens is 253 g/mol. The lowest BCUT2D eigenvalue weighted by Crippen LogP contribution is -2.17. The maximum Gasteiger partial charge on any atom is 0.337 e. The quantitative estimate of drug-likeness (QED) is 0.672. The van der Waals surface area contributed by atoms with Gasteiger partial charge in [0.05, 0.1) is 24.6 Å². The smallest absolute Gasteiger partial charge is 0.337 e. The summed E-state index contributed by atoms with van der Waals surface area (Å²) in [5, 5.41) is 6.22. The van der Waals surface area contributed by atoms with Gasteiger partial charge in [0.2, 0.25) is 6.41 Å². The zero-order valence-corrected chi connectivity index (χ0v) is 9.96. The Morgan fingerprint density at radius 3 is 2.84 bits per heavy atom. The summed E-state index contributed by atoms with van der Waals surface area (Å²) in [4.78, 5) is 23.5. The van der Waals surface area contributed by atoms with Crippen LogP contribution in [0, 0.1) is 5.82 Å². The number of hydrogen-bond acceptors (Lipinski definition) is 4. The van der Waals surface area contributed by atoms with Gasteiger partial charge in [-0.3, -0.25) is 14.8 Å². The molecule has 0 bridgehead atoms. The normalized spacial score (nSPS) is 10.0. The molecule has 2 aromatic rings. The van der Waals surface area contributed by atoms with E-state index in [1.807, 2.05) is 0 Å². The Morgan fingerprint density at radius 1 is 1.47 bits per heavy atom. The van der Waals surface area contributed by atoms with E-state index in [4.69, 9.17) is 0 Å². The molecule has 0 aliphatic heterocycles. The van der Waals surface area contributed by atoms with Crippen molar-refractivity contribution in [1.29, 1.82) is 0 Å². The molecule has 6 nitrogen and oxygen atoms in total. The van der Waals surface area contributed by atoms with Gasteiger partial charge >= 0.3 is 5.97 Å². The number of hydrogen-bond donors (Lipinski definition) is 1. The fraction of sp³-hybridized carbons (Fsp3) is 0.0833. The molecule has 98 valence electrons. The van der Waals surface area contributed by atoms with Crippen molar-refractivity contribution >= 4 is 23.9 Å². The molecule has 1 N–H and O–H groups in total. The molecular formula is C12H10FN3O3.